The van der Waals surface area contributed by atoms with Gasteiger partial charge in [-0.05, 0) is 6.92 Å². The molecule has 0 atom stereocenters. The molecule has 0 aliphatic carbocycles. The molecule has 0 bridgehead atoms. The van der Waals surface area contributed by atoms with Crippen LogP contribution in [0.3, 0.4) is 0 Å². The first kappa shape index (κ1) is 9.45. The Hall–Kier alpha value is -2.11. The van der Waals surface area contributed by atoms with Crippen LogP contribution in [0.1, 0.15) is 16.1 Å². The largest absolute Gasteiger partial charge is 0.477 e. The highest BCUT2D eigenvalue weighted by molar-refractivity contribution is 5.94. The zero-order valence-electron chi connectivity index (χ0n) is 8.35. The van der Waals surface area contributed by atoms with Gasteiger partial charge in [-0.3, -0.25) is 0 Å². The minimum absolute atomic E-state index is 0.107. The zero-order valence-corrected chi connectivity index (χ0v) is 8.35. The van der Waals surface area contributed by atoms with Crippen LogP contribution in [0.4, 0.5) is 5.82 Å². The van der Waals surface area contributed by atoms with Crippen molar-refractivity contribution in [1.82, 2.24) is 14.6 Å². The van der Waals surface area contributed by atoms with Crippen molar-refractivity contribution in [3.05, 3.63) is 23.5 Å². The fourth-order valence-corrected chi connectivity index (χ4v) is 1.41. The van der Waals surface area contributed by atoms with E-state index in [1.54, 1.807) is 20.0 Å². The minimum atomic E-state index is -1.02. The van der Waals surface area contributed by atoms with E-state index in [2.05, 4.69) is 15.4 Å². The maximum Gasteiger partial charge on any atom is 0.341 e. The summed E-state index contributed by atoms with van der Waals surface area (Å²) in [6.07, 6.45) is 1.30. The lowest BCUT2D eigenvalue weighted by molar-refractivity contribution is 0.0699. The quantitative estimate of drug-likeness (QED) is 0.758. The van der Waals surface area contributed by atoms with Crippen LogP contribution in [0.2, 0.25) is 0 Å². The lowest BCUT2D eigenvalue weighted by Crippen LogP contribution is -2.03. The molecule has 0 unspecified atom stereocenters. The third kappa shape index (κ3) is 1.39. The molecule has 0 radical (unpaired) electrons. The Labute approximate surface area is 85.6 Å². The molecule has 78 valence electrons. The molecule has 0 aliphatic heterocycles. The van der Waals surface area contributed by atoms with Gasteiger partial charge in [0.2, 0.25) is 0 Å². The highest BCUT2D eigenvalue weighted by Gasteiger charge is 2.14. The lowest BCUT2D eigenvalue weighted by atomic mass is 10.3. The molecular weight excluding hydrogens is 196 g/mol. The van der Waals surface area contributed by atoms with Crippen LogP contribution in [0.25, 0.3) is 5.65 Å². The first-order chi connectivity index (χ1) is 7.13. The fraction of sp³-hybridized carbons (Fsp3) is 0.222. The summed E-state index contributed by atoms with van der Waals surface area (Å²) in [5.41, 5.74) is 1.21. The van der Waals surface area contributed by atoms with Gasteiger partial charge in [-0.15, -0.1) is 0 Å². The average Bonchev–Trinajstić information content (AvgIpc) is 2.59. The van der Waals surface area contributed by atoms with Crippen molar-refractivity contribution < 1.29 is 9.90 Å². The molecule has 0 amide bonds. The van der Waals surface area contributed by atoms with E-state index >= 15 is 0 Å². The molecular formula is C9H10N4O2. The second-order valence-electron chi connectivity index (χ2n) is 3.13. The number of carbonyl (C=O) groups is 1. The van der Waals surface area contributed by atoms with E-state index in [1.807, 2.05) is 0 Å². The molecule has 0 spiro atoms. The molecule has 0 aromatic carbocycles. The zero-order chi connectivity index (χ0) is 11.0. The molecule has 0 saturated heterocycles. The van der Waals surface area contributed by atoms with E-state index in [0.29, 0.717) is 11.5 Å². The van der Waals surface area contributed by atoms with E-state index in [0.717, 1.165) is 5.69 Å². The van der Waals surface area contributed by atoms with Crippen LogP contribution in [0, 0.1) is 6.92 Å². The van der Waals surface area contributed by atoms with E-state index in [9.17, 15) is 4.79 Å². The first-order valence-corrected chi connectivity index (χ1v) is 4.40. The maximum atomic E-state index is 10.9. The molecule has 0 fully saturated rings. The van der Waals surface area contributed by atoms with Gasteiger partial charge in [-0.25, -0.2) is 9.78 Å². The number of nitrogens with zero attached hydrogens (tertiary/aromatic N) is 3. The van der Waals surface area contributed by atoms with Crippen molar-refractivity contribution in [3.63, 3.8) is 0 Å². The van der Waals surface area contributed by atoms with Crippen molar-refractivity contribution in [2.45, 2.75) is 6.92 Å². The molecule has 15 heavy (non-hydrogen) atoms. The van der Waals surface area contributed by atoms with Gasteiger partial charge in [0, 0.05) is 18.8 Å². The van der Waals surface area contributed by atoms with Gasteiger partial charge < -0.3 is 10.4 Å². The lowest BCUT2D eigenvalue weighted by Gasteiger charge is -2.04. The molecule has 0 saturated carbocycles. The average molecular weight is 206 g/mol. The summed E-state index contributed by atoms with van der Waals surface area (Å²) in [6.45, 7) is 1.81. The molecule has 2 rings (SSSR count). The summed E-state index contributed by atoms with van der Waals surface area (Å²) in [6, 6.07) is 1.80. The Balaban J connectivity index is 2.80. The first-order valence-electron chi connectivity index (χ1n) is 4.40. The number of aromatic nitrogens is 3. The van der Waals surface area contributed by atoms with E-state index in [4.69, 9.17) is 5.11 Å². The third-order valence-corrected chi connectivity index (χ3v) is 2.09. The summed E-state index contributed by atoms with van der Waals surface area (Å²) in [7, 11) is 1.75. The summed E-state index contributed by atoms with van der Waals surface area (Å²) in [5, 5.41) is 15.8. The molecule has 0 aliphatic rings. The van der Waals surface area contributed by atoms with Gasteiger partial charge in [0.15, 0.2) is 5.65 Å². The van der Waals surface area contributed by atoms with Gasteiger partial charge in [0.25, 0.3) is 0 Å². The van der Waals surface area contributed by atoms with E-state index in [-0.39, 0.29) is 5.56 Å². The van der Waals surface area contributed by atoms with Crippen molar-refractivity contribution >= 4 is 17.4 Å². The predicted octanol–water partition coefficient (Wildman–Crippen LogP) is 0.778. The topological polar surface area (TPSA) is 79.5 Å². The van der Waals surface area contributed by atoms with Crippen LogP contribution in [0.5, 0.6) is 0 Å². The normalized spacial score (nSPS) is 10.5. The molecule has 6 heteroatoms. The highest BCUT2D eigenvalue weighted by atomic mass is 16.4. The highest BCUT2D eigenvalue weighted by Crippen LogP contribution is 2.15. The summed E-state index contributed by atoms with van der Waals surface area (Å²) in [4.78, 5) is 15.0. The van der Waals surface area contributed by atoms with E-state index in [1.165, 1.54) is 10.7 Å². The van der Waals surface area contributed by atoms with Crippen molar-refractivity contribution in [2.24, 2.45) is 0 Å². The van der Waals surface area contributed by atoms with Gasteiger partial charge in [-0.2, -0.15) is 9.61 Å². The van der Waals surface area contributed by atoms with E-state index < -0.39 is 5.97 Å². The molecule has 2 N–H and O–H groups in total. The number of carboxylic acid groups (broad SMARTS) is 1. The van der Waals surface area contributed by atoms with Gasteiger partial charge in [0.05, 0.1) is 6.20 Å². The Morgan fingerprint density at radius 2 is 2.33 bits per heavy atom. The summed E-state index contributed by atoms with van der Waals surface area (Å²) < 4.78 is 1.47. The summed E-state index contributed by atoms with van der Waals surface area (Å²) >= 11 is 0. The molecule has 2 heterocycles. The molecule has 2 aromatic rings. The Morgan fingerprint density at radius 1 is 1.60 bits per heavy atom. The number of hydrogen-bond donors (Lipinski definition) is 2. The molecule has 6 nitrogen and oxygen atoms in total. The Kier molecular flexibility index (Phi) is 2.03. The number of hydrogen-bond acceptors (Lipinski definition) is 4. The standard InChI is InChI=1S/C9H10N4O2/c1-5-3-7(10-2)13-8(12-5)6(4-11-13)9(14)15/h3-4,10H,1-2H3,(H,14,15). The van der Waals surface area contributed by atoms with Crippen LogP contribution in [0.15, 0.2) is 12.3 Å². The maximum absolute atomic E-state index is 10.9. The van der Waals surface area contributed by atoms with Crippen LogP contribution in [-0.2, 0) is 0 Å². The summed E-state index contributed by atoms with van der Waals surface area (Å²) in [5.74, 6) is -0.310. The predicted molar refractivity (Wildman–Crippen MR) is 54.2 cm³/mol. The smallest absolute Gasteiger partial charge is 0.341 e. The number of fused-ring (bicyclic) bond motifs is 1. The number of anilines is 1. The second kappa shape index (κ2) is 3.23. The fourth-order valence-electron chi connectivity index (χ4n) is 1.41. The SMILES string of the molecule is CNc1cc(C)nc2c(C(=O)O)cnn12. The van der Waals surface area contributed by atoms with Crippen molar-refractivity contribution in [1.29, 1.82) is 0 Å². The number of nitrogens with one attached hydrogen (secondary N) is 1. The molecule has 2 aromatic heterocycles. The Morgan fingerprint density at radius 3 is 2.93 bits per heavy atom. The van der Waals surface area contributed by atoms with Crippen molar-refractivity contribution in [2.75, 3.05) is 12.4 Å². The van der Waals surface area contributed by atoms with Gasteiger partial charge in [0.1, 0.15) is 11.4 Å². The minimum Gasteiger partial charge on any atom is -0.477 e. The number of rotatable bonds is 2. The van der Waals surface area contributed by atoms with Crippen LogP contribution in [-0.4, -0.2) is 32.7 Å². The second-order valence-corrected chi connectivity index (χ2v) is 3.13. The third-order valence-electron chi connectivity index (χ3n) is 2.09. The number of aryl methyl sites for hydroxylation is 1. The number of carboxylic acids is 1. The van der Waals surface area contributed by atoms with Crippen LogP contribution >= 0.6 is 0 Å². The number of aromatic carboxylic acids is 1. The van der Waals surface area contributed by atoms with Crippen molar-refractivity contribution in [3.8, 4) is 0 Å². The monoisotopic (exact) mass is 206 g/mol. The van der Waals surface area contributed by atoms with Gasteiger partial charge >= 0.3 is 5.97 Å². The van der Waals surface area contributed by atoms with Gasteiger partial charge in [-0.1, -0.05) is 0 Å². The Bertz CT molecular complexity index is 532. The van der Waals surface area contributed by atoms with Crippen LogP contribution < -0.4 is 5.32 Å².